The van der Waals surface area contributed by atoms with Crippen molar-refractivity contribution < 1.29 is 13.2 Å². The molecule has 2 aromatic carbocycles. The fourth-order valence-electron chi connectivity index (χ4n) is 2.81. The molecule has 0 atom stereocenters. The van der Waals surface area contributed by atoms with Crippen molar-refractivity contribution in [2.24, 2.45) is 4.99 Å². The van der Waals surface area contributed by atoms with Crippen molar-refractivity contribution in [1.29, 1.82) is 0 Å². The second-order valence-electron chi connectivity index (χ2n) is 6.15. The quantitative estimate of drug-likeness (QED) is 0.644. The summed E-state index contributed by atoms with van der Waals surface area (Å²) in [7, 11) is -2.18. The number of nitrogens with one attached hydrogen (secondary N) is 2. The molecule has 0 bridgehead atoms. The topological polar surface area (TPSA) is 109 Å². The molecule has 0 spiro atoms. The maximum Gasteiger partial charge on any atom is 0.266 e. The predicted molar refractivity (Wildman–Crippen MR) is 107 cm³/mol. The molecule has 9 nitrogen and oxygen atoms in total. The lowest BCUT2D eigenvalue weighted by Crippen LogP contribution is -2.49. The Morgan fingerprint density at radius 3 is 2.75 bits per heavy atom. The molecule has 3 aromatic rings. The van der Waals surface area contributed by atoms with Gasteiger partial charge in [-0.25, -0.2) is 18.1 Å². The molecule has 0 amide bonds. The lowest BCUT2D eigenvalue weighted by atomic mass is 10.2. The first-order valence-corrected chi connectivity index (χ1v) is 10.6. The maximum atomic E-state index is 12.7. The van der Waals surface area contributed by atoms with E-state index in [0.717, 1.165) is 23.0 Å². The summed E-state index contributed by atoms with van der Waals surface area (Å²) in [6.07, 6.45) is 0. The van der Waals surface area contributed by atoms with Gasteiger partial charge in [-0.15, -0.1) is 0 Å². The van der Waals surface area contributed by atoms with Crippen LogP contribution in [0.4, 0.5) is 0 Å². The molecular weight excluding hydrogens is 400 g/mol. The van der Waals surface area contributed by atoms with Gasteiger partial charge in [-0.3, -0.25) is 4.90 Å². The number of hydrogen-bond donors (Lipinski definition) is 2. The van der Waals surface area contributed by atoms with Gasteiger partial charge in [0.2, 0.25) is 5.96 Å². The standard InChI is InChI=1S/C17H18N6O3S2/c1-26-13-7-5-12(6-8-13)9-23-10-18-17(19-11-23)22-28(24,25)15-4-2-3-14-16(15)21-27-20-14/h2-8H,9-11H2,1H3,(H2,18,19,22). The van der Waals surface area contributed by atoms with Crippen molar-refractivity contribution in [1.82, 2.24) is 23.7 Å². The highest BCUT2D eigenvalue weighted by molar-refractivity contribution is 7.90. The molecule has 0 saturated carbocycles. The minimum absolute atomic E-state index is 0.0870. The fraction of sp³-hybridized carbons (Fsp3) is 0.235. The summed E-state index contributed by atoms with van der Waals surface area (Å²) in [4.78, 5) is 6.44. The fourth-order valence-corrected chi connectivity index (χ4v) is 4.58. The first-order chi connectivity index (χ1) is 13.5. The summed E-state index contributed by atoms with van der Waals surface area (Å²) < 4.78 is 41.3. The summed E-state index contributed by atoms with van der Waals surface area (Å²) in [6.45, 7) is 1.53. The number of aliphatic imine (C=N–C) groups is 1. The monoisotopic (exact) mass is 418 g/mol. The molecule has 1 aliphatic heterocycles. The Morgan fingerprint density at radius 2 is 2.04 bits per heavy atom. The number of aromatic nitrogens is 2. The molecule has 0 saturated heterocycles. The van der Waals surface area contributed by atoms with Crippen LogP contribution in [0.1, 0.15) is 5.56 Å². The lowest BCUT2D eigenvalue weighted by molar-refractivity contribution is 0.255. The molecule has 0 fully saturated rings. The van der Waals surface area contributed by atoms with Crippen LogP contribution in [-0.2, 0) is 16.6 Å². The number of methoxy groups -OCH3 is 1. The van der Waals surface area contributed by atoms with Crippen molar-refractivity contribution in [2.45, 2.75) is 11.4 Å². The van der Waals surface area contributed by atoms with Crippen molar-refractivity contribution in [3.8, 4) is 5.75 Å². The third-order valence-electron chi connectivity index (χ3n) is 4.23. The average molecular weight is 419 g/mol. The molecule has 4 rings (SSSR count). The Labute approximate surface area is 166 Å². The third kappa shape index (κ3) is 3.91. The largest absolute Gasteiger partial charge is 0.497 e. The first-order valence-electron chi connectivity index (χ1n) is 8.43. The van der Waals surface area contributed by atoms with Gasteiger partial charge in [-0.2, -0.15) is 8.75 Å². The molecule has 0 unspecified atom stereocenters. The van der Waals surface area contributed by atoms with Crippen LogP contribution in [0.2, 0.25) is 0 Å². The van der Waals surface area contributed by atoms with E-state index in [1.807, 2.05) is 29.2 Å². The minimum Gasteiger partial charge on any atom is -0.497 e. The van der Waals surface area contributed by atoms with E-state index >= 15 is 0 Å². The number of fused-ring (bicyclic) bond motifs is 1. The smallest absolute Gasteiger partial charge is 0.266 e. The highest BCUT2D eigenvalue weighted by atomic mass is 32.2. The second kappa shape index (κ2) is 7.70. The molecular formula is C17H18N6O3S2. The summed E-state index contributed by atoms with van der Waals surface area (Å²) in [5.74, 6) is 1.02. The molecule has 0 aliphatic carbocycles. The molecule has 1 aliphatic rings. The molecule has 2 N–H and O–H groups in total. The number of rotatable bonds is 5. The van der Waals surface area contributed by atoms with E-state index in [9.17, 15) is 8.42 Å². The van der Waals surface area contributed by atoms with Crippen molar-refractivity contribution in [3.05, 3.63) is 48.0 Å². The van der Waals surface area contributed by atoms with Crippen LogP contribution in [-0.4, -0.2) is 48.5 Å². The normalized spacial score (nSPS) is 15.1. The van der Waals surface area contributed by atoms with Gasteiger partial charge >= 0.3 is 0 Å². The van der Waals surface area contributed by atoms with Gasteiger partial charge in [0.15, 0.2) is 0 Å². The number of benzene rings is 2. The minimum atomic E-state index is -3.81. The second-order valence-corrected chi connectivity index (χ2v) is 8.33. The highest BCUT2D eigenvalue weighted by Gasteiger charge is 2.23. The van der Waals surface area contributed by atoms with Gasteiger partial charge < -0.3 is 10.1 Å². The van der Waals surface area contributed by atoms with Gasteiger partial charge in [0.25, 0.3) is 10.0 Å². The van der Waals surface area contributed by atoms with Crippen LogP contribution in [0.15, 0.2) is 52.4 Å². The molecule has 0 radical (unpaired) electrons. The van der Waals surface area contributed by atoms with Gasteiger partial charge in [0, 0.05) is 6.54 Å². The number of sulfonamides is 1. The van der Waals surface area contributed by atoms with Crippen LogP contribution in [0, 0.1) is 0 Å². The van der Waals surface area contributed by atoms with Gasteiger partial charge in [0.05, 0.1) is 32.2 Å². The van der Waals surface area contributed by atoms with E-state index in [4.69, 9.17) is 4.74 Å². The Bertz CT molecular complexity index is 1110. The van der Waals surface area contributed by atoms with Crippen molar-refractivity contribution >= 4 is 38.7 Å². The third-order valence-corrected chi connectivity index (χ3v) is 6.15. The van der Waals surface area contributed by atoms with Crippen molar-refractivity contribution in [3.63, 3.8) is 0 Å². The van der Waals surface area contributed by atoms with Crippen LogP contribution in [0.5, 0.6) is 5.75 Å². The van der Waals surface area contributed by atoms with Gasteiger partial charge in [-0.1, -0.05) is 18.2 Å². The Hall–Kier alpha value is -2.76. The van der Waals surface area contributed by atoms with E-state index in [1.54, 1.807) is 19.2 Å². The predicted octanol–water partition coefficient (Wildman–Crippen LogP) is 1.35. The van der Waals surface area contributed by atoms with Crippen LogP contribution in [0.25, 0.3) is 11.0 Å². The summed E-state index contributed by atoms with van der Waals surface area (Å²) >= 11 is 0.980. The Balaban J connectivity index is 1.43. The Morgan fingerprint density at radius 1 is 1.21 bits per heavy atom. The van der Waals surface area contributed by atoms with E-state index in [1.165, 1.54) is 6.07 Å². The summed E-state index contributed by atoms with van der Waals surface area (Å²) in [6, 6.07) is 12.7. The van der Waals surface area contributed by atoms with Gasteiger partial charge in [0.1, 0.15) is 21.7 Å². The zero-order chi connectivity index (χ0) is 19.6. The van der Waals surface area contributed by atoms with Crippen LogP contribution >= 0.6 is 11.7 Å². The van der Waals surface area contributed by atoms with Crippen LogP contribution in [0.3, 0.4) is 0 Å². The zero-order valence-electron chi connectivity index (χ0n) is 15.0. The number of ether oxygens (including phenoxy) is 1. The van der Waals surface area contributed by atoms with E-state index in [0.29, 0.717) is 30.9 Å². The zero-order valence-corrected chi connectivity index (χ0v) is 16.6. The summed E-state index contributed by atoms with van der Waals surface area (Å²) in [5.41, 5.74) is 2.03. The maximum absolute atomic E-state index is 12.7. The summed E-state index contributed by atoms with van der Waals surface area (Å²) in [5, 5.41) is 3.01. The molecule has 146 valence electrons. The molecule has 11 heteroatoms. The SMILES string of the molecule is COc1ccc(CN2CN=C(NS(=O)(=O)c3cccc4nsnc34)NC2)cc1. The highest BCUT2D eigenvalue weighted by Crippen LogP contribution is 2.21. The Kier molecular flexibility index (Phi) is 5.11. The first kappa shape index (κ1) is 18.6. The average Bonchev–Trinajstić information content (AvgIpc) is 3.18. The number of guanidine groups is 1. The number of nitrogens with zero attached hydrogens (tertiary/aromatic N) is 4. The molecule has 1 aromatic heterocycles. The molecule has 2 heterocycles. The van der Waals surface area contributed by atoms with E-state index < -0.39 is 10.0 Å². The van der Waals surface area contributed by atoms with Gasteiger partial charge in [-0.05, 0) is 29.8 Å². The number of hydrogen-bond acceptors (Lipinski definition) is 9. The van der Waals surface area contributed by atoms with Crippen LogP contribution < -0.4 is 14.8 Å². The lowest BCUT2D eigenvalue weighted by Gasteiger charge is -2.27. The van der Waals surface area contributed by atoms with Crippen molar-refractivity contribution in [2.75, 3.05) is 20.4 Å². The molecule has 28 heavy (non-hydrogen) atoms. The van der Waals surface area contributed by atoms with E-state index in [-0.39, 0.29) is 10.9 Å². The van der Waals surface area contributed by atoms with E-state index in [2.05, 4.69) is 23.8 Å².